The Hall–Kier alpha value is -3.99. The van der Waals surface area contributed by atoms with Crippen LogP contribution < -0.4 is 5.32 Å². The minimum Gasteiger partial charge on any atom is -0.353 e. The van der Waals surface area contributed by atoms with Crippen molar-refractivity contribution in [3.05, 3.63) is 90.5 Å². The van der Waals surface area contributed by atoms with Crippen molar-refractivity contribution >= 4 is 22.7 Å². The molecular formula is C29H27N3O2. The molecule has 1 saturated heterocycles. The van der Waals surface area contributed by atoms with E-state index in [4.69, 9.17) is 4.98 Å². The number of benzene rings is 3. The van der Waals surface area contributed by atoms with Crippen molar-refractivity contribution in [2.75, 3.05) is 13.1 Å². The monoisotopic (exact) mass is 449 g/mol. The molecule has 1 aliphatic rings. The number of rotatable bonds is 4. The Morgan fingerprint density at radius 3 is 2.15 bits per heavy atom. The summed E-state index contributed by atoms with van der Waals surface area (Å²) in [5.74, 6) is -0.00476. The summed E-state index contributed by atoms with van der Waals surface area (Å²) in [5, 5.41) is 3.83. The van der Waals surface area contributed by atoms with Crippen LogP contribution in [0.15, 0.2) is 84.9 Å². The van der Waals surface area contributed by atoms with Gasteiger partial charge in [-0.1, -0.05) is 72.8 Å². The first-order valence-corrected chi connectivity index (χ1v) is 11.7. The number of likely N-dealkylation sites (tertiary alicyclic amines) is 1. The molecule has 5 heteroatoms. The van der Waals surface area contributed by atoms with Gasteiger partial charge in [0.2, 0.25) is 5.91 Å². The number of fused-ring (bicyclic) bond motifs is 1. The highest BCUT2D eigenvalue weighted by Gasteiger charge is 2.25. The Bertz CT molecular complexity index is 1320. The van der Waals surface area contributed by atoms with Crippen molar-refractivity contribution < 1.29 is 9.59 Å². The number of hydrogen-bond donors (Lipinski definition) is 1. The number of nitrogens with one attached hydrogen (secondary N) is 1. The van der Waals surface area contributed by atoms with Crippen molar-refractivity contribution in [2.45, 2.75) is 25.8 Å². The van der Waals surface area contributed by atoms with Crippen LogP contribution in [0.2, 0.25) is 0 Å². The topological polar surface area (TPSA) is 62.3 Å². The summed E-state index contributed by atoms with van der Waals surface area (Å²) >= 11 is 0. The number of para-hydroxylation sites is 1. The van der Waals surface area contributed by atoms with E-state index in [2.05, 4.69) is 41.7 Å². The summed E-state index contributed by atoms with van der Waals surface area (Å²) in [4.78, 5) is 31.7. The maximum atomic E-state index is 13.6. The molecule has 0 unspecified atom stereocenters. The molecule has 1 aliphatic heterocycles. The van der Waals surface area contributed by atoms with Crippen LogP contribution in [-0.4, -0.2) is 40.8 Å². The first kappa shape index (κ1) is 21.8. The standard InChI is InChI=1S/C29H27N3O2/c1-20(33)30-24-15-17-32(18-16-24)29(34)26-19-28(31-27-10-6-5-9-25(26)27)23-13-11-22(12-14-23)21-7-3-2-4-8-21/h2-14,19,24H,15-18H2,1H3,(H,30,33). The number of carbonyl (C=O) groups is 2. The zero-order valence-corrected chi connectivity index (χ0v) is 19.2. The van der Waals surface area contributed by atoms with Crippen molar-refractivity contribution in [2.24, 2.45) is 0 Å². The molecule has 34 heavy (non-hydrogen) atoms. The minimum absolute atomic E-state index is 0.0158. The molecule has 4 aromatic rings. The first-order valence-electron chi connectivity index (χ1n) is 11.7. The van der Waals surface area contributed by atoms with Crippen LogP contribution in [0.1, 0.15) is 30.1 Å². The number of amides is 2. The fraction of sp³-hybridized carbons (Fsp3) is 0.207. The Kier molecular flexibility index (Phi) is 6.09. The van der Waals surface area contributed by atoms with Crippen LogP contribution in [0.25, 0.3) is 33.3 Å². The molecule has 1 N–H and O–H groups in total. The van der Waals surface area contributed by atoms with Crippen molar-refractivity contribution in [1.82, 2.24) is 15.2 Å². The predicted octanol–water partition coefficient (Wildman–Crippen LogP) is 5.31. The van der Waals surface area contributed by atoms with Crippen LogP contribution in [0, 0.1) is 0 Å². The van der Waals surface area contributed by atoms with E-state index in [0.29, 0.717) is 18.7 Å². The van der Waals surface area contributed by atoms with E-state index in [1.165, 1.54) is 12.5 Å². The van der Waals surface area contributed by atoms with Gasteiger partial charge in [-0.05, 0) is 36.1 Å². The number of hydrogen-bond acceptors (Lipinski definition) is 3. The molecule has 3 aromatic carbocycles. The lowest BCUT2D eigenvalue weighted by Gasteiger charge is -2.32. The Morgan fingerprint density at radius 2 is 1.44 bits per heavy atom. The van der Waals surface area contributed by atoms with Gasteiger partial charge >= 0.3 is 0 Å². The third-order valence-electron chi connectivity index (χ3n) is 6.42. The maximum absolute atomic E-state index is 13.6. The fourth-order valence-corrected chi connectivity index (χ4v) is 4.65. The number of nitrogens with zero attached hydrogens (tertiary/aromatic N) is 2. The summed E-state index contributed by atoms with van der Waals surface area (Å²) in [6.07, 6.45) is 1.53. The van der Waals surface area contributed by atoms with E-state index >= 15 is 0 Å². The van der Waals surface area contributed by atoms with Gasteiger partial charge in [-0.15, -0.1) is 0 Å². The normalized spacial score (nSPS) is 14.2. The van der Waals surface area contributed by atoms with Gasteiger partial charge in [0.1, 0.15) is 0 Å². The lowest BCUT2D eigenvalue weighted by atomic mass is 9.99. The van der Waals surface area contributed by atoms with E-state index in [1.807, 2.05) is 53.4 Å². The summed E-state index contributed by atoms with van der Waals surface area (Å²) < 4.78 is 0. The molecule has 0 spiro atoms. The zero-order valence-electron chi connectivity index (χ0n) is 19.2. The van der Waals surface area contributed by atoms with E-state index in [9.17, 15) is 9.59 Å². The molecule has 0 atom stereocenters. The highest BCUT2D eigenvalue weighted by molar-refractivity contribution is 6.07. The molecule has 5 rings (SSSR count). The highest BCUT2D eigenvalue weighted by Crippen LogP contribution is 2.28. The van der Waals surface area contributed by atoms with Crippen LogP contribution in [-0.2, 0) is 4.79 Å². The van der Waals surface area contributed by atoms with Crippen LogP contribution >= 0.6 is 0 Å². The van der Waals surface area contributed by atoms with Gasteiger partial charge in [-0.25, -0.2) is 4.98 Å². The summed E-state index contributed by atoms with van der Waals surface area (Å²) in [6.45, 7) is 2.79. The Morgan fingerprint density at radius 1 is 0.824 bits per heavy atom. The quantitative estimate of drug-likeness (QED) is 0.459. The average Bonchev–Trinajstić information content (AvgIpc) is 2.88. The Balaban J connectivity index is 1.45. The van der Waals surface area contributed by atoms with Crippen LogP contribution in [0.3, 0.4) is 0 Å². The summed E-state index contributed by atoms with van der Waals surface area (Å²) in [6, 6.07) is 28.4. The van der Waals surface area contributed by atoms with Gasteiger partial charge in [-0.2, -0.15) is 0 Å². The van der Waals surface area contributed by atoms with Crippen molar-refractivity contribution in [3.8, 4) is 22.4 Å². The second-order valence-corrected chi connectivity index (χ2v) is 8.78. The first-order chi connectivity index (χ1) is 16.6. The van der Waals surface area contributed by atoms with Gasteiger partial charge in [0.15, 0.2) is 0 Å². The lowest BCUT2D eigenvalue weighted by Crippen LogP contribution is -2.46. The van der Waals surface area contributed by atoms with E-state index in [-0.39, 0.29) is 17.9 Å². The molecule has 1 fully saturated rings. The smallest absolute Gasteiger partial charge is 0.254 e. The maximum Gasteiger partial charge on any atom is 0.254 e. The summed E-state index contributed by atoms with van der Waals surface area (Å²) in [5.41, 5.74) is 5.55. The van der Waals surface area contributed by atoms with Gasteiger partial charge in [-0.3, -0.25) is 9.59 Å². The van der Waals surface area contributed by atoms with Crippen molar-refractivity contribution in [3.63, 3.8) is 0 Å². The average molecular weight is 450 g/mol. The summed E-state index contributed by atoms with van der Waals surface area (Å²) in [7, 11) is 0. The molecule has 2 amide bonds. The molecule has 5 nitrogen and oxygen atoms in total. The molecular weight excluding hydrogens is 422 g/mol. The zero-order chi connectivity index (χ0) is 23.5. The fourth-order valence-electron chi connectivity index (χ4n) is 4.65. The van der Waals surface area contributed by atoms with Crippen LogP contribution in [0.4, 0.5) is 0 Å². The highest BCUT2D eigenvalue weighted by atomic mass is 16.2. The van der Waals surface area contributed by atoms with Crippen LogP contribution in [0.5, 0.6) is 0 Å². The third-order valence-corrected chi connectivity index (χ3v) is 6.42. The second kappa shape index (κ2) is 9.48. The number of carbonyl (C=O) groups excluding carboxylic acids is 2. The molecule has 2 heterocycles. The Labute approximate surface area is 199 Å². The van der Waals surface area contributed by atoms with E-state index in [1.54, 1.807) is 0 Å². The predicted molar refractivity (Wildman–Crippen MR) is 135 cm³/mol. The molecule has 1 aromatic heterocycles. The number of piperidine rings is 1. The van der Waals surface area contributed by atoms with Gasteiger partial charge < -0.3 is 10.2 Å². The van der Waals surface area contributed by atoms with Gasteiger partial charge in [0.05, 0.1) is 16.8 Å². The molecule has 170 valence electrons. The second-order valence-electron chi connectivity index (χ2n) is 8.78. The molecule has 0 bridgehead atoms. The van der Waals surface area contributed by atoms with Crippen molar-refractivity contribution in [1.29, 1.82) is 0 Å². The third kappa shape index (κ3) is 4.55. The van der Waals surface area contributed by atoms with Gasteiger partial charge in [0, 0.05) is 37.0 Å². The SMILES string of the molecule is CC(=O)NC1CCN(C(=O)c2cc(-c3ccc(-c4ccccc4)cc3)nc3ccccc23)CC1. The molecule has 0 radical (unpaired) electrons. The number of pyridine rings is 1. The molecule has 0 saturated carbocycles. The number of aromatic nitrogens is 1. The molecule has 0 aliphatic carbocycles. The van der Waals surface area contributed by atoms with E-state index in [0.717, 1.165) is 40.6 Å². The van der Waals surface area contributed by atoms with Gasteiger partial charge in [0.25, 0.3) is 5.91 Å². The van der Waals surface area contributed by atoms with E-state index < -0.39 is 0 Å². The lowest BCUT2D eigenvalue weighted by molar-refractivity contribution is -0.119. The largest absolute Gasteiger partial charge is 0.353 e. The minimum atomic E-state index is -0.0205.